The molecule has 1 saturated heterocycles. The van der Waals surface area contributed by atoms with Gasteiger partial charge < -0.3 is 10.0 Å². The standard InChI is InChI=1S/C9H11ClN2O2S/c1-5-3-2-4-12(5)9-11-7(10)6(15-9)8(13)14/h5H,2-4H2,1H3,(H,13,14). The summed E-state index contributed by atoms with van der Waals surface area (Å²) >= 11 is 6.91. The first-order valence-electron chi connectivity index (χ1n) is 4.76. The van der Waals surface area contributed by atoms with Gasteiger partial charge in [-0.25, -0.2) is 9.78 Å². The predicted octanol–water partition coefficient (Wildman–Crippen LogP) is 2.48. The van der Waals surface area contributed by atoms with Gasteiger partial charge in [0, 0.05) is 12.6 Å². The van der Waals surface area contributed by atoms with Gasteiger partial charge in [0.25, 0.3) is 0 Å². The second-order valence-corrected chi connectivity index (χ2v) is 4.94. The molecule has 1 atom stereocenters. The summed E-state index contributed by atoms with van der Waals surface area (Å²) in [5, 5.41) is 9.68. The number of carboxylic acid groups (broad SMARTS) is 1. The summed E-state index contributed by atoms with van der Waals surface area (Å²) in [6, 6.07) is 0.425. The molecule has 1 aliphatic heterocycles. The largest absolute Gasteiger partial charge is 0.477 e. The number of rotatable bonds is 2. The van der Waals surface area contributed by atoms with Gasteiger partial charge in [0.05, 0.1) is 0 Å². The van der Waals surface area contributed by atoms with Crippen LogP contribution < -0.4 is 4.90 Å². The number of hydrogen-bond acceptors (Lipinski definition) is 4. The van der Waals surface area contributed by atoms with Crippen LogP contribution in [-0.4, -0.2) is 28.6 Å². The van der Waals surface area contributed by atoms with Crippen LogP contribution >= 0.6 is 22.9 Å². The minimum atomic E-state index is -1.00. The molecule has 0 radical (unpaired) electrons. The highest BCUT2D eigenvalue weighted by atomic mass is 35.5. The molecule has 1 unspecified atom stereocenters. The Hall–Kier alpha value is -0.810. The number of hydrogen-bond donors (Lipinski definition) is 1. The Labute approximate surface area is 96.5 Å². The van der Waals surface area contributed by atoms with E-state index in [4.69, 9.17) is 16.7 Å². The second kappa shape index (κ2) is 3.98. The van der Waals surface area contributed by atoms with Gasteiger partial charge in [-0.05, 0) is 19.8 Å². The fourth-order valence-electron chi connectivity index (χ4n) is 1.76. The molecule has 1 aromatic rings. The number of carboxylic acids is 1. The van der Waals surface area contributed by atoms with Gasteiger partial charge in [-0.2, -0.15) is 0 Å². The van der Waals surface area contributed by atoms with Crippen molar-refractivity contribution in [2.75, 3.05) is 11.4 Å². The summed E-state index contributed by atoms with van der Waals surface area (Å²) < 4.78 is 0. The van der Waals surface area contributed by atoms with Crippen LogP contribution in [0.15, 0.2) is 0 Å². The van der Waals surface area contributed by atoms with Crippen molar-refractivity contribution in [3.8, 4) is 0 Å². The Kier molecular flexibility index (Phi) is 2.84. The summed E-state index contributed by atoms with van der Waals surface area (Å²) in [6.07, 6.45) is 2.25. The first-order chi connectivity index (χ1) is 7.09. The Morgan fingerprint density at radius 1 is 1.73 bits per heavy atom. The highest BCUT2D eigenvalue weighted by Crippen LogP contribution is 2.33. The van der Waals surface area contributed by atoms with Crippen molar-refractivity contribution in [2.45, 2.75) is 25.8 Å². The van der Waals surface area contributed by atoms with Crippen LogP contribution in [0.2, 0.25) is 5.15 Å². The highest BCUT2D eigenvalue weighted by Gasteiger charge is 2.25. The lowest BCUT2D eigenvalue weighted by molar-refractivity contribution is 0.0702. The van der Waals surface area contributed by atoms with Crippen molar-refractivity contribution in [3.63, 3.8) is 0 Å². The fourth-order valence-corrected chi connectivity index (χ4v) is 3.02. The first kappa shape index (κ1) is 10.7. The average Bonchev–Trinajstić information content (AvgIpc) is 2.71. The molecule has 15 heavy (non-hydrogen) atoms. The Balaban J connectivity index is 2.29. The van der Waals surface area contributed by atoms with Gasteiger partial charge in [-0.3, -0.25) is 0 Å². The zero-order valence-corrected chi connectivity index (χ0v) is 9.81. The molecule has 0 amide bonds. The maximum Gasteiger partial charge on any atom is 0.349 e. The van der Waals surface area contributed by atoms with Gasteiger partial charge in [0.15, 0.2) is 15.2 Å². The predicted molar refractivity (Wildman–Crippen MR) is 60.1 cm³/mol. The van der Waals surface area contributed by atoms with E-state index in [0.29, 0.717) is 6.04 Å². The summed E-state index contributed by atoms with van der Waals surface area (Å²) in [6.45, 7) is 3.05. The Morgan fingerprint density at radius 2 is 2.47 bits per heavy atom. The Bertz CT molecular complexity index is 393. The molecule has 6 heteroatoms. The lowest BCUT2D eigenvalue weighted by atomic mass is 10.2. The van der Waals surface area contributed by atoms with E-state index in [1.807, 2.05) is 0 Å². The second-order valence-electron chi connectivity index (χ2n) is 3.61. The van der Waals surface area contributed by atoms with Crippen LogP contribution in [0.4, 0.5) is 5.13 Å². The van der Waals surface area contributed by atoms with E-state index in [1.54, 1.807) is 0 Å². The molecule has 0 aliphatic carbocycles. The molecule has 1 aliphatic rings. The van der Waals surface area contributed by atoms with Crippen LogP contribution in [0.5, 0.6) is 0 Å². The third-order valence-electron chi connectivity index (χ3n) is 2.57. The number of aromatic carboxylic acids is 1. The molecule has 2 rings (SSSR count). The minimum absolute atomic E-state index is 0.0987. The van der Waals surface area contributed by atoms with Crippen molar-refractivity contribution in [3.05, 3.63) is 10.0 Å². The van der Waals surface area contributed by atoms with Gasteiger partial charge in [0.2, 0.25) is 0 Å². The summed E-state index contributed by atoms with van der Waals surface area (Å²) in [5.74, 6) is -1.00. The third-order valence-corrected chi connectivity index (χ3v) is 4.03. The number of nitrogens with zero attached hydrogens (tertiary/aromatic N) is 2. The summed E-state index contributed by atoms with van der Waals surface area (Å²) in [4.78, 5) is 17.1. The summed E-state index contributed by atoms with van der Waals surface area (Å²) in [5.41, 5.74) is 0. The number of aromatic nitrogens is 1. The summed E-state index contributed by atoms with van der Waals surface area (Å²) in [7, 11) is 0. The number of carbonyl (C=O) groups is 1. The van der Waals surface area contributed by atoms with Crippen LogP contribution in [0, 0.1) is 0 Å². The van der Waals surface area contributed by atoms with E-state index in [0.717, 1.165) is 35.9 Å². The van der Waals surface area contributed by atoms with Crippen molar-refractivity contribution in [2.24, 2.45) is 0 Å². The zero-order valence-electron chi connectivity index (χ0n) is 8.23. The SMILES string of the molecule is CC1CCCN1c1nc(Cl)c(C(=O)O)s1. The van der Waals surface area contributed by atoms with Gasteiger partial charge >= 0.3 is 5.97 Å². The molecule has 1 fully saturated rings. The minimum Gasteiger partial charge on any atom is -0.477 e. The van der Waals surface area contributed by atoms with Crippen molar-refractivity contribution < 1.29 is 9.90 Å². The molecule has 2 heterocycles. The van der Waals surface area contributed by atoms with E-state index < -0.39 is 5.97 Å². The zero-order chi connectivity index (χ0) is 11.0. The van der Waals surface area contributed by atoms with E-state index in [9.17, 15) is 4.79 Å². The first-order valence-corrected chi connectivity index (χ1v) is 5.95. The lowest BCUT2D eigenvalue weighted by Gasteiger charge is -2.19. The average molecular weight is 247 g/mol. The molecular formula is C9H11ClN2O2S. The molecule has 0 bridgehead atoms. The van der Waals surface area contributed by atoms with E-state index >= 15 is 0 Å². The monoisotopic (exact) mass is 246 g/mol. The van der Waals surface area contributed by atoms with Crippen LogP contribution in [-0.2, 0) is 0 Å². The fraction of sp³-hybridized carbons (Fsp3) is 0.556. The normalized spacial score (nSPS) is 20.9. The molecule has 0 spiro atoms. The molecule has 0 saturated carbocycles. The van der Waals surface area contributed by atoms with E-state index in [1.165, 1.54) is 0 Å². The third kappa shape index (κ3) is 1.94. The quantitative estimate of drug-likeness (QED) is 0.871. The highest BCUT2D eigenvalue weighted by molar-refractivity contribution is 7.18. The molecule has 1 N–H and O–H groups in total. The molecule has 82 valence electrons. The maximum atomic E-state index is 10.8. The van der Waals surface area contributed by atoms with Crippen molar-refractivity contribution in [1.82, 2.24) is 4.98 Å². The van der Waals surface area contributed by atoms with Crippen molar-refractivity contribution >= 4 is 34.0 Å². The van der Waals surface area contributed by atoms with E-state index in [-0.39, 0.29) is 10.0 Å². The van der Waals surface area contributed by atoms with Gasteiger partial charge in [-0.1, -0.05) is 22.9 Å². The van der Waals surface area contributed by atoms with Crippen LogP contribution in [0.25, 0.3) is 0 Å². The molecule has 0 aromatic carbocycles. The molecule has 1 aromatic heterocycles. The van der Waals surface area contributed by atoms with Crippen LogP contribution in [0.3, 0.4) is 0 Å². The lowest BCUT2D eigenvalue weighted by Crippen LogP contribution is -2.25. The van der Waals surface area contributed by atoms with Gasteiger partial charge in [-0.15, -0.1) is 0 Å². The topological polar surface area (TPSA) is 53.4 Å². The number of halogens is 1. The van der Waals surface area contributed by atoms with E-state index in [2.05, 4.69) is 16.8 Å². The van der Waals surface area contributed by atoms with Crippen molar-refractivity contribution in [1.29, 1.82) is 0 Å². The molecule has 4 nitrogen and oxygen atoms in total. The number of thiazole rings is 1. The van der Waals surface area contributed by atoms with Crippen LogP contribution in [0.1, 0.15) is 29.4 Å². The maximum absolute atomic E-state index is 10.8. The smallest absolute Gasteiger partial charge is 0.349 e. The van der Waals surface area contributed by atoms with Gasteiger partial charge in [0.1, 0.15) is 0 Å². The Morgan fingerprint density at radius 3 is 2.93 bits per heavy atom. The number of anilines is 1. The molecular weight excluding hydrogens is 236 g/mol.